The molecule has 2 fully saturated rings. The average Bonchev–Trinajstić information content (AvgIpc) is 2.04. The van der Waals surface area contributed by atoms with Crippen LogP contribution in [0.3, 0.4) is 0 Å². The highest BCUT2D eigenvalue weighted by molar-refractivity contribution is 5.83. The second kappa shape index (κ2) is 1.49. The third-order valence-corrected chi connectivity index (χ3v) is 2.48. The van der Waals surface area contributed by atoms with Crippen LogP contribution >= 0.6 is 0 Å². The molecular weight excluding hydrogens is 114 g/mol. The normalized spacial score (nSPS) is 40.6. The van der Waals surface area contributed by atoms with E-state index in [-0.39, 0.29) is 0 Å². The SMILES string of the molecule is C[C@H]1CC[C@@H]2CC(=O)N21. The zero-order valence-electron chi connectivity index (χ0n) is 5.63. The molecule has 0 aliphatic carbocycles. The third kappa shape index (κ3) is 0.533. The van der Waals surface area contributed by atoms with Crippen molar-refractivity contribution in [2.24, 2.45) is 0 Å². The van der Waals surface area contributed by atoms with Crippen molar-refractivity contribution in [1.29, 1.82) is 0 Å². The first-order valence-corrected chi connectivity index (χ1v) is 3.60. The number of carbonyl (C=O) groups excluding carboxylic acids is 1. The number of rotatable bonds is 0. The summed E-state index contributed by atoms with van der Waals surface area (Å²) in [4.78, 5) is 12.9. The molecule has 2 aliphatic heterocycles. The van der Waals surface area contributed by atoms with Crippen LogP contribution in [0.5, 0.6) is 0 Å². The second-order valence-electron chi connectivity index (χ2n) is 3.09. The molecule has 0 radical (unpaired) electrons. The monoisotopic (exact) mass is 125 g/mol. The Morgan fingerprint density at radius 3 is 2.78 bits per heavy atom. The molecule has 2 heteroatoms. The topological polar surface area (TPSA) is 20.3 Å². The molecule has 0 saturated carbocycles. The molecule has 0 aromatic carbocycles. The Morgan fingerprint density at radius 2 is 2.33 bits per heavy atom. The van der Waals surface area contributed by atoms with Gasteiger partial charge in [-0.15, -0.1) is 0 Å². The maximum atomic E-state index is 10.8. The Hall–Kier alpha value is -0.530. The lowest BCUT2D eigenvalue weighted by Crippen LogP contribution is -2.51. The average molecular weight is 125 g/mol. The first-order chi connectivity index (χ1) is 4.29. The van der Waals surface area contributed by atoms with E-state index >= 15 is 0 Å². The zero-order chi connectivity index (χ0) is 6.43. The molecule has 2 rings (SSSR count). The van der Waals surface area contributed by atoms with E-state index in [0.717, 1.165) is 6.42 Å². The van der Waals surface area contributed by atoms with Crippen LogP contribution in [0.1, 0.15) is 26.2 Å². The Labute approximate surface area is 54.8 Å². The van der Waals surface area contributed by atoms with Crippen LogP contribution < -0.4 is 0 Å². The van der Waals surface area contributed by atoms with Gasteiger partial charge in [-0.25, -0.2) is 0 Å². The number of β-lactam (4-membered cyclic amide) rings is 1. The summed E-state index contributed by atoms with van der Waals surface area (Å²) in [6.07, 6.45) is 3.29. The van der Waals surface area contributed by atoms with Crippen LogP contribution in [0.4, 0.5) is 0 Å². The summed E-state index contributed by atoms with van der Waals surface area (Å²) in [7, 11) is 0. The van der Waals surface area contributed by atoms with Gasteiger partial charge in [-0.3, -0.25) is 4.79 Å². The predicted octanol–water partition coefficient (Wildman–Crippen LogP) is 0.770. The lowest BCUT2D eigenvalue weighted by molar-refractivity contribution is -0.145. The van der Waals surface area contributed by atoms with Gasteiger partial charge in [-0.1, -0.05) is 0 Å². The van der Waals surface area contributed by atoms with E-state index in [1.54, 1.807) is 0 Å². The van der Waals surface area contributed by atoms with Crippen LogP contribution in [0.15, 0.2) is 0 Å². The fourth-order valence-corrected chi connectivity index (χ4v) is 1.92. The van der Waals surface area contributed by atoms with Gasteiger partial charge in [0.05, 0.1) is 0 Å². The predicted molar refractivity (Wildman–Crippen MR) is 33.9 cm³/mol. The molecule has 2 heterocycles. The highest BCUT2D eigenvalue weighted by Crippen LogP contribution is 2.34. The second-order valence-corrected chi connectivity index (χ2v) is 3.09. The number of carbonyl (C=O) groups is 1. The van der Waals surface area contributed by atoms with Gasteiger partial charge in [0.1, 0.15) is 0 Å². The van der Waals surface area contributed by atoms with Gasteiger partial charge >= 0.3 is 0 Å². The summed E-state index contributed by atoms with van der Waals surface area (Å²) in [6, 6.07) is 1.17. The van der Waals surface area contributed by atoms with Crippen LogP contribution in [-0.4, -0.2) is 22.9 Å². The molecule has 0 aromatic heterocycles. The Morgan fingerprint density at radius 1 is 1.56 bits per heavy atom. The van der Waals surface area contributed by atoms with Crippen LogP contribution in [-0.2, 0) is 4.79 Å². The van der Waals surface area contributed by atoms with E-state index in [0.29, 0.717) is 18.0 Å². The Balaban J connectivity index is 2.14. The van der Waals surface area contributed by atoms with Gasteiger partial charge in [0.2, 0.25) is 5.91 Å². The van der Waals surface area contributed by atoms with Crippen molar-refractivity contribution < 1.29 is 4.79 Å². The van der Waals surface area contributed by atoms with E-state index in [1.165, 1.54) is 12.8 Å². The molecule has 0 bridgehead atoms. The lowest BCUT2D eigenvalue weighted by Gasteiger charge is -2.37. The number of amides is 1. The molecule has 2 saturated heterocycles. The summed E-state index contributed by atoms with van der Waals surface area (Å²) in [5, 5.41) is 0. The minimum Gasteiger partial charge on any atom is -0.336 e. The summed E-state index contributed by atoms with van der Waals surface area (Å²) >= 11 is 0. The molecule has 0 N–H and O–H groups in total. The molecule has 2 aliphatic rings. The van der Waals surface area contributed by atoms with Gasteiger partial charge in [0, 0.05) is 18.5 Å². The van der Waals surface area contributed by atoms with Crippen molar-refractivity contribution in [3.05, 3.63) is 0 Å². The van der Waals surface area contributed by atoms with Crippen molar-refractivity contribution >= 4 is 5.91 Å². The van der Waals surface area contributed by atoms with E-state index in [2.05, 4.69) is 6.92 Å². The minimum atomic E-state index is 0.366. The molecule has 0 aromatic rings. The van der Waals surface area contributed by atoms with Gasteiger partial charge in [-0.2, -0.15) is 0 Å². The van der Waals surface area contributed by atoms with Crippen LogP contribution in [0.25, 0.3) is 0 Å². The number of fused-ring (bicyclic) bond motifs is 1. The van der Waals surface area contributed by atoms with E-state index < -0.39 is 0 Å². The molecule has 0 spiro atoms. The van der Waals surface area contributed by atoms with Crippen molar-refractivity contribution in [1.82, 2.24) is 4.90 Å². The smallest absolute Gasteiger partial charge is 0.225 e. The number of hydrogen-bond donors (Lipinski definition) is 0. The van der Waals surface area contributed by atoms with E-state index in [4.69, 9.17) is 0 Å². The maximum absolute atomic E-state index is 10.8. The fourth-order valence-electron chi connectivity index (χ4n) is 1.92. The molecule has 1 amide bonds. The molecule has 0 unspecified atom stereocenters. The van der Waals surface area contributed by atoms with Gasteiger partial charge in [0.25, 0.3) is 0 Å². The van der Waals surface area contributed by atoms with Gasteiger partial charge in [0.15, 0.2) is 0 Å². The number of hydrogen-bond acceptors (Lipinski definition) is 1. The highest BCUT2D eigenvalue weighted by Gasteiger charge is 2.43. The summed E-state index contributed by atoms with van der Waals surface area (Å²) in [6.45, 7) is 2.14. The third-order valence-electron chi connectivity index (χ3n) is 2.48. The minimum absolute atomic E-state index is 0.366. The highest BCUT2D eigenvalue weighted by atomic mass is 16.2. The summed E-state index contributed by atoms with van der Waals surface area (Å²) in [5.41, 5.74) is 0. The first kappa shape index (κ1) is 5.27. The van der Waals surface area contributed by atoms with Crippen molar-refractivity contribution in [2.75, 3.05) is 0 Å². The largest absolute Gasteiger partial charge is 0.336 e. The lowest BCUT2D eigenvalue weighted by atomic mass is 10.0. The van der Waals surface area contributed by atoms with Crippen molar-refractivity contribution in [3.8, 4) is 0 Å². The number of nitrogens with zero attached hydrogens (tertiary/aromatic N) is 1. The Bertz CT molecular complexity index is 149. The Kier molecular flexibility index (Phi) is 0.875. The maximum Gasteiger partial charge on any atom is 0.225 e. The first-order valence-electron chi connectivity index (χ1n) is 3.60. The van der Waals surface area contributed by atoms with Crippen LogP contribution in [0, 0.1) is 0 Å². The fraction of sp³-hybridized carbons (Fsp3) is 0.857. The summed E-state index contributed by atoms with van der Waals surface area (Å²) in [5.74, 6) is 0.366. The van der Waals surface area contributed by atoms with Crippen LogP contribution in [0.2, 0.25) is 0 Å². The van der Waals surface area contributed by atoms with Crippen molar-refractivity contribution in [3.63, 3.8) is 0 Å². The van der Waals surface area contributed by atoms with Gasteiger partial charge in [-0.05, 0) is 19.8 Å². The van der Waals surface area contributed by atoms with E-state index in [1.807, 2.05) is 4.90 Å². The van der Waals surface area contributed by atoms with E-state index in [9.17, 15) is 4.79 Å². The molecule has 9 heavy (non-hydrogen) atoms. The van der Waals surface area contributed by atoms with Crippen molar-refractivity contribution in [2.45, 2.75) is 38.3 Å². The molecule has 2 atom stereocenters. The quantitative estimate of drug-likeness (QED) is 0.438. The van der Waals surface area contributed by atoms with Gasteiger partial charge < -0.3 is 4.90 Å². The standard InChI is InChI=1S/C7H11NO/c1-5-2-3-6-4-7(9)8(5)6/h5-6H,2-4H2,1H3/t5-,6+/m0/s1. The molecular formula is C7H11NO. The summed E-state index contributed by atoms with van der Waals surface area (Å²) < 4.78 is 0. The zero-order valence-corrected chi connectivity index (χ0v) is 5.63. The molecule has 50 valence electrons. The molecule has 2 nitrogen and oxygen atoms in total.